The summed E-state index contributed by atoms with van der Waals surface area (Å²) < 4.78 is 1.93. The van der Waals surface area contributed by atoms with E-state index < -0.39 is 0 Å². The Morgan fingerprint density at radius 2 is 1.84 bits per heavy atom. The number of benzene rings is 1. The summed E-state index contributed by atoms with van der Waals surface area (Å²) >= 11 is 0. The molecule has 25 heavy (non-hydrogen) atoms. The van der Waals surface area contributed by atoms with Crippen LogP contribution in [-0.4, -0.2) is 14.8 Å². The smallest absolute Gasteiger partial charge is 0.169 e. The van der Waals surface area contributed by atoms with Crippen molar-refractivity contribution in [2.24, 2.45) is 5.73 Å². The van der Waals surface area contributed by atoms with Crippen molar-refractivity contribution in [3.63, 3.8) is 0 Å². The van der Waals surface area contributed by atoms with E-state index in [2.05, 4.69) is 56.9 Å². The van der Waals surface area contributed by atoms with Crippen LogP contribution in [-0.2, 0) is 19.5 Å². The average Bonchev–Trinajstić information content (AvgIpc) is 3.25. The van der Waals surface area contributed by atoms with Crippen LogP contribution in [0.2, 0.25) is 0 Å². The Morgan fingerprint density at radius 3 is 2.64 bits per heavy atom. The fraction of sp³-hybridized carbons (Fsp3) is 0.176. The predicted molar refractivity (Wildman–Crippen MR) is 97.5 cm³/mol. The van der Waals surface area contributed by atoms with Gasteiger partial charge < -0.3 is 16.9 Å². The van der Waals surface area contributed by atoms with Crippen LogP contribution >= 0.6 is 0 Å². The van der Waals surface area contributed by atoms with E-state index in [9.17, 15) is 0 Å². The Kier molecular flexibility index (Phi) is 3.96. The Morgan fingerprint density at radius 1 is 1.04 bits per heavy atom. The van der Waals surface area contributed by atoms with Crippen molar-refractivity contribution in [3.05, 3.63) is 65.0 Å². The first kappa shape index (κ1) is 15.4. The maximum atomic E-state index is 5.88. The van der Waals surface area contributed by atoms with Gasteiger partial charge >= 0.3 is 0 Å². The van der Waals surface area contributed by atoms with Gasteiger partial charge in [0.2, 0.25) is 0 Å². The van der Waals surface area contributed by atoms with Crippen molar-refractivity contribution in [2.75, 3.05) is 16.6 Å². The number of hydrogen-bond acceptors (Lipinski definition) is 7. The summed E-state index contributed by atoms with van der Waals surface area (Å²) in [6.45, 7) is 1.28. The molecule has 1 aliphatic rings. The molecule has 7 N–H and O–H groups in total. The van der Waals surface area contributed by atoms with Crippen molar-refractivity contribution < 1.29 is 0 Å². The zero-order valence-electron chi connectivity index (χ0n) is 13.7. The summed E-state index contributed by atoms with van der Waals surface area (Å²) in [4.78, 5) is 4.24. The molecule has 0 unspecified atom stereocenters. The van der Waals surface area contributed by atoms with Crippen molar-refractivity contribution >= 4 is 17.3 Å². The minimum Gasteiger partial charge on any atom is -0.384 e. The van der Waals surface area contributed by atoms with Gasteiger partial charge in [0.05, 0.1) is 18.4 Å². The summed E-state index contributed by atoms with van der Waals surface area (Å²) in [5, 5.41) is 4.46. The third-order valence-electron chi connectivity index (χ3n) is 4.17. The fourth-order valence-corrected chi connectivity index (χ4v) is 2.91. The third kappa shape index (κ3) is 3.25. The average molecular weight is 336 g/mol. The lowest BCUT2D eigenvalue weighted by Crippen LogP contribution is -2.19. The van der Waals surface area contributed by atoms with Gasteiger partial charge in [-0.2, -0.15) is 5.10 Å². The van der Waals surface area contributed by atoms with Crippen molar-refractivity contribution in [1.82, 2.24) is 20.3 Å². The van der Waals surface area contributed by atoms with E-state index in [1.54, 1.807) is 0 Å². The fourth-order valence-electron chi connectivity index (χ4n) is 2.91. The SMILES string of the molecule is NCc1ccc(Cn2cc(Cc3cc(N)nc4c3NNN4)cn2)cc1. The number of anilines is 3. The summed E-state index contributed by atoms with van der Waals surface area (Å²) in [5.41, 5.74) is 25.8. The minimum atomic E-state index is 0.485. The monoisotopic (exact) mass is 336 g/mol. The molecule has 0 bridgehead atoms. The normalized spacial score (nSPS) is 12.5. The van der Waals surface area contributed by atoms with Gasteiger partial charge in [0, 0.05) is 19.2 Å². The second-order valence-electron chi connectivity index (χ2n) is 6.05. The highest BCUT2D eigenvalue weighted by Gasteiger charge is 2.17. The van der Waals surface area contributed by atoms with Gasteiger partial charge in [0.15, 0.2) is 5.82 Å². The Labute approximate surface area is 145 Å². The molecule has 0 aliphatic carbocycles. The van der Waals surface area contributed by atoms with Gasteiger partial charge in [-0.3, -0.25) is 10.1 Å². The third-order valence-corrected chi connectivity index (χ3v) is 4.17. The summed E-state index contributed by atoms with van der Waals surface area (Å²) in [7, 11) is 0. The molecular weight excluding hydrogens is 316 g/mol. The highest BCUT2D eigenvalue weighted by atomic mass is 15.6. The van der Waals surface area contributed by atoms with Gasteiger partial charge in [-0.05, 0) is 28.3 Å². The van der Waals surface area contributed by atoms with Crippen LogP contribution in [0.15, 0.2) is 42.7 Å². The van der Waals surface area contributed by atoms with Gasteiger partial charge in [0.25, 0.3) is 0 Å². The standard InChI is InChI=1S/C17H20N8/c18-7-11-1-3-12(4-2-11)9-25-10-13(8-20-25)5-14-6-15(19)21-17-16(14)22-24-23-17/h1-4,6,8,10,22,24H,5,7,9,18H2,(H3,19,21,23). The van der Waals surface area contributed by atoms with E-state index in [0.717, 1.165) is 35.3 Å². The molecule has 0 atom stereocenters. The molecule has 2 aromatic heterocycles. The number of nitrogens with one attached hydrogen (secondary N) is 3. The first-order valence-corrected chi connectivity index (χ1v) is 8.07. The first-order chi connectivity index (χ1) is 12.2. The molecule has 1 aromatic carbocycles. The van der Waals surface area contributed by atoms with E-state index in [1.807, 2.05) is 16.9 Å². The molecular formula is C17H20N8. The topological polar surface area (TPSA) is 119 Å². The van der Waals surface area contributed by atoms with Crippen molar-refractivity contribution in [1.29, 1.82) is 0 Å². The number of pyridine rings is 1. The molecule has 0 saturated heterocycles. The number of nitrogens with zero attached hydrogens (tertiary/aromatic N) is 3. The predicted octanol–water partition coefficient (Wildman–Crippen LogP) is 1.22. The molecule has 0 radical (unpaired) electrons. The number of nitrogens with two attached hydrogens (primary N) is 2. The minimum absolute atomic E-state index is 0.485. The maximum absolute atomic E-state index is 5.88. The zero-order chi connectivity index (χ0) is 17.2. The highest BCUT2D eigenvalue weighted by molar-refractivity contribution is 5.74. The Bertz CT molecular complexity index is 884. The highest BCUT2D eigenvalue weighted by Crippen LogP contribution is 2.29. The van der Waals surface area contributed by atoms with E-state index in [-0.39, 0.29) is 0 Å². The van der Waals surface area contributed by atoms with Crippen LogP contribution in [0.1, 0.15) is 22.3 Å². The molecule has 1 aliphatic heterocycles. The second-order valence-corrected chi connectivity index (χ2v) is 6.05. The second kappa shape index (κ2) is 6.42. The zero-order valence-corrected chi connectivity index (χ0v) is 13.7. The number of fused-ring (bicyclic) bond motifs is 1. The van der Waals surface area contributed by atoms with Crippen LogP contribution in [0.5, 0.6) is 0 Å². The molecule has 0 fully saturated rings. The lowest BCUT2D eigenvalue weighted by atomic mass is 10.1. The molecule has 4 rings (SSSR count). The lowest BCUT2D eigenvalue weighted by Gasteiger charge is -2.06. The molecule has 0 amide bonds. The number of rotatable bonds is 5. The Hall–Kier alpha value is -3.10. The van der Waals surface area contributed by atoms with Crippen LogP contribution in [0, 0.1) is 0 Å². The summed E-state index contributed by atoms with van der Waals surface area (Å²) in [6, 6.07) is 10.1. The Balaban J connectivity index is 1.50. The molecule has 8 nitrogen and oxygen atoms in total. The summed E-state index contributed by atoms with van der Waals surface area (Å²) in [6.07, 6.45) is 4.65. The van der Waals surface area contributed by atoms with Crippen molar-refractivity contribution in [3.8, 4) is 0 Å². The summed E-state index contributed by atoms with van der Waals surface area (Å²) in [5.74, 6) is 1.20. The van der Waals surface area contributed by atoms with E-state index in [4.69, 9.17) is 11.5 Å². The molecule has 8 heteroatoms. The van der Waals surface area contributed by atoms with Crippen molar-refractivity contribution in [2.45, 2.75) is 19.5 Å². The van der Waals surface area contributed by atoms with Crippen LogP contribution < -0.4 is 27.9 Å². The van der Waals surface area contributed by atoms with Crippen LogP contribution in [0.4, 0.5) is 17.3 Å². The molecule has 128 valence electrons. The van der Waals surface area contributed by atoms with Crippen LogP contribution in [0.25, 0.3) is 0 Å². The van der Waals surface area contributed by atoms with Gasteiger partial charge in [-0.25, -0.2) is 4.98 Å². The largest absolute Gasteiger partial charge is 0.384 e. The van der Waals surface area contributed by atoms with Gasteiger partial charge in [0.1, 0.15) is 5.82 Å². The van der Waals surface area contributed by atoms with E-state index in [0.29, 0.717) is 18.2 Å². The number of hydrogen-bond donors (Lipinski definition) is 5. The quantitative estimate of drug-likeness (QED) is 0.475. The number of nitrogen functional groups attached to an aromatic ring is 1. The molecule has 3 heterocycles. The number of hydrazine groups is 2. The van der Waals surface area contributed by atoms with Gasteiger partial charge in [-0.15, -0.1) is 5.53 Å². The lowest BCUT2D eigenvalue weighted by molar-refractivity contribution is 0.686. The molecule has 3 aromatic rings. The molecule has 0 saturated carbocycles. The van der Waals surface area contributed by atoms with E-state index >= 15 is 0 Å². The van der Waals surface area contributed by atoms with Crippen LogP contribution in [0.3, 0.4) is 0 Å². The van der Waals surface area contributed by atoms with Gasteiger partial charge in [-0.1, -0.05) is 24.3 Å². The van der Waals surface area contributed by atoms with E-state index in [1.165, 1.54) is 5.56 Å². The maximum Gasteiger partial charge on any atom is 0.169 e. The number of aromatic nitrogens is 3. The molecule has 0 spiro atoms. The first-order valence-electron chi connectivity index (χ1n) is 8.07.